The highest BCUT2D eigenvalue weighted by molar-refractivity contribution is 5.82. The lowest BCUT2D eigenvalue weighted by atomic mass is 10.2. The summed E-state index contributed by atoms with van der Waals surface area (Å²) in [7, 11) is 5.33. The van der Waals surface area contributed by atoms with Gasteiger partial charge < -0.3 is 19.1 Å². The van der Waals surface area contributed by atoms with Crippen molar-refractivity contribution in [2.45, 2.75) is 51.4 Å². The molecular formula is C16H30N2O5. The fourth-order valence-corrected chi connectivity index (χ4v) is 2.43. The SMILES string of the molecule is COC(=O)[C@@H]1CC(OCCCN(C)C)CN1C(=O)OC(C)(C)C. The number of esters is 1. The summed E-state index contributed by atoms with van der Waals surface area (Å²) in [5, 5.41) is 0. The van der Waals surface area contributed by atoms with Crippen molar-refractivity contribution in [3.63, 3.8) is 0 Å². The lowest BCUT2D eigenvalue weighted by Gasteiger charge is -2.27. The molecule has 0 radical (unpaired) electrons. The highest BCUT2D eigenvalue weighted by atomic mass is 16.6. The van der Waals surface area contributed by atoms with Crippen LogP contribution in [0.4, 0.5) is 4.79 Å². The summed E-state index contributed by atoms with van der Waals surface area (Å²) in [5.74, 6) is -0.435. The van der Waals surface area contributed by atoms with Gasteiger partial charge in [-0.3, -0.25) is 4.90 Å². The highest BCUT2D eigenvalue weighted by Gasteiger charge is 2.42. The van der Waals surface area contributed by atoms with E-state index in [0.717, 1.165) is 13.0 Å². The summed E-state index contributed by atoms with van der Waals surface area (Å²) in [6.45, 7) is 7.26. The Labute approximate surface area is 138 Å². The fraction of sp³-hybridized carbons (Fsp3) is 0.875. The molecule has 1 unspecified atom stereocenters. The van der Waals surface area contributed by atoms with Gasteiger partial charge in [-0.25, -0.2) is 9.59 Å². The zero-order valence-corrected chi connectivity index (χ0v) is 15.1. The van der Waals surface area contributed by atoms with E-state index in [1.807, 2.05) is 14.1 Å². The normalized spacial score (nSPS) is 21.6. The van der Waals surface area contributed by atoms with Crippen LogP contribution in [-0.2, 0) is 19.0 Å². The number of carbonyl (C=O) groups is 2. The predicted molar refractivity (Wildman–Crippen MR) is 86.3 cm³/mol. The third-order valence-corrected chi connectivity index (χ3v) is 3.47. The topological polar surface area (TPSA) is 68.3 Å². The van der Waals surface area contributed by atoms with E-state index >= 15 is 0 Å². The number of ether oxygens (including phenoxy) is 3. The minimum atomic E-state index is -0.645. The molecule has 7 nitrogen and oxygen atoms in total. The zero-order chi connectivity index (χ0) is 17.6. The Morgan fingerprint density at radius 1 is 1.26 bits per heavy atom. The van der Waals surface area contributed by atoms with E-state index in [1.54, 1.807) is 20.8 Å². The number of hydrogen-bond acceptors (Lipinski definition) is 6. The molecule has 1 saturated heterocycles. The maximum absolute atomic E-state index is 12.3. The second kappa shape index (κ2) is 8.49. The molecule has 2 atom stereocenters. The van der Waals surface area contributed by atoms with E-state index in [1.165, 1.54) is 12.0 Å². The molecule has 134 valence electrons. The largest absolute Gasteiger partial charge is 0.467 e. The monoisotopic (exact) mass is 330 g/mol. The molecule has 23 heavy (non-hydrogen) atoms. The predicted octanol–water partition coefficient (Wildman–Crippen LogP) is 1.51. The molecule has 0 bridgehead atoms. The van der Waals surface area contributed by atoms with Crippen LogP contribution in [0.25, 0.3) is 0 Å². The summed E-state index contributed by atoms with van der Waals surface area (Å²) >= 11 is 0. The van der Waals surface area contributed by atoms with Gasteiger partial charge in [0.2, 0.25) is 0 Å². The summed E-state index contributed by atoms with van der Waals surface area (Å²) in [5.41, 5.74) is -0.609. The number of amides is 1. The smallest absolute Gasteiger partial charge is 0.411 e. The third kappa shape index (κ3) is 6.74. The van der Waals surface area contributed by atoms with Crippen LogP contribution in [0.5, 0.6) is 0 Å². The maximum Gasteiger partial charge on any atom is 0.411 e. The number of nitrogens with zero attached hydrogens (tertiary/aromatic N) is 2. The van der Waals surface area contributed by atoms with Gasteiger partial charge in [0, 0.05) is 13.0 Å². The summed E-state index contributed by atoms with van der Waals surface area (Å²) in [6.07, 6.45) is 0.660. The van der Waals surface area contributed by atoms with Gasteiger partial charge in [0.1, 0.15) is 11.6 Å². The Morgan fingerprint density at radius 3 is 2.43 bits per heavy atom. The van der Waals surface area contributed by atoms with E-state index in [4.69, 9.17) is 14.2 Å². The van der Waals surface area contributed by atoms with Crippen molar-refractivity contribution in [3.05, 3.63) is 0 Å². The van der Waals surface area contributed by atoms with Gasteiger partial charge >= 0.3 is 12.1 Å². The first-order chi connectivity index (χ1) is 10.6. The molecule has 1 rings (SSSR count). The zero-order valence-electron chi connectivity index (χ0n) is 15.1. The molecule has 0 aromatic rings. The average molecular weight is 330 g/mol. The van der Waals surface area contributed by atoms with Crippen molar-refractivity contribution in [3.8, 4) is 0 Å². The van der Waals surface area contributed by atoms with E-state index in [0.29, 0.717) is 19.6 Å². The van der Waals surface area contributed by atoms with Crippen LogP contribution < -0.4 is 0 Å². The molecule has 1 aliphatic heterocycles. The van der Waals surface area contributed by atoms with Crippen LogP contribution in [-0.4, -0.2) is 80.5 Å². The van der Waals surface area contributed by atoms with E-state index < -0.39 is 23.7 Å². The summed E-state index contributed by atoms with van der Waals surface area (Å²) in [6, 6.07) is -0.645. The Balaban J connectivity index is 2.60. The number of hydrogen-bond donors (Lipinski definition) is 0. The van der Waals surface area contributed by atoms with Crippen LogP contribution in [0.1, 0.15) is 33.6 Å². The number of carbonyl (C=O) groups excluding carboxylic acids is 2. The quantitative estimate of drug-likeness (QED) is 0.543. The first-order valence-corrected chi connectivity index (χ1v) is 7.98. The van der Waals surface area contributed by atoms with Gasteiger partial charge in [0.05, 0.1) is 19.8 Å². The summed E-state index contributed by atoms with van der Waals surface area (Å²) in [4.78, 5) is 27.7. The van der Waals surface area contributed by atoms with Crippen molar-refractivity contribution in [1.29, 1.82) is 0 Å². The van der Waals surface area contributed by atoms with E-state index in [9.17, 15) is 9.59 Å². The molecule has 0 spiro atoms. The first kappa shape index (κ1) is 19.7. The van der Waals surface area contributed by atoms with Crippen molar-refractivity contribution in [2.24, 2.45) is 0 Å². The first-order valence-electron chi connectivity index (χ1n) is 7.98. The minimum absolute atomic E-state index is 0.172. The third-order valence-electron chi connectivity index (χ3n) is 3.47. The van der Waals surface area contributed by atoms with Gasteiger partial charge in [0.15, 0.2) is 0 Å². The fourth-order valence-electron chi connectivity index (χ4n) is 2.43. The molecule has 0 aromatic carbocycles. The number of likely N-dealkylation sites (tertiary alicyclic amines) is 1. The van der Waals surface area contributed by atoms with E-state index in [2.05, 4.69) is 4.90 Å². The van der Waals surface area contributed by atoms with Crippen molar-refractivity contribution in [1.82, 2.24) is 9.80 Å². The molecule has 1 heterocycles. The van der Waals surface area contributed by atoms with Crippen molar-refractivity contribution in [2.75, 3.05) is 40.9 Å². The Bertz CT molecular complexity index is 406. The molecule has 7 heteroatoms. The molecule has 0 saturated carbocycles. The second-order valence-corrected chi connectivity index (χ2v) is 7.06. The van der Waals surface area contributed by atoms with Crippen LogP contribution >= 0.6 is 0 Å². The summed E-state index contributed by atoms with van der Waals surface area (Å²) < 4.78 is 16.0. The highest BCUT2D eigenvalue weighted by Crippen LogP contribution is 2.24. The molecule has 1 fully saturated rings. The van der Waals surface area contributed by atoms with Crippen LogP contribution in [0.15, 0.2) is 0 Å². The average Bonchev–Trinajstić information content (AvgIpc) is 2.85. The van der Waals surface area contributed by atoms with Gasteiger partial charge in [-0.1, -0.05) is 0 Å². The Morgan fingerprint density at radius 2 is 1.91 bits per heavy atom. The standard InChI is InChI=1S/C16H30N2O5/c1-16(2,3)23-15(20)18-11-12(10-13(18)14(19)21-6)22-9-7-8-17(4)5/h12-13H,7-11H2,1-6H3/t12?,13-/m0/s1. The Hall–Kier alpha value is -1.34. The molecule has 0 aliphatic carbocycles. The molecule has 1 aliphatic rings. The van der Waals surface area contributed by atoms with Gasteiger partial charge in [-0.05, 0) is 47.8 Å². The Kier molecular flexibility index (Phi) is 7.28. The van der Waals surface area contributed by atoms with Crippen molar-refractivity contribution >= 4 is 12.1 Å². The minimum Gasteiger partial charge on any atom is -0.467 e. The molecule has 0 aromatic heterocycles. The van der Waals surface area contributed by atoms with E-state index in [-0.39, 0.29) is 6.10 Å². The number of methoxy groups -OCH3 is 1. The number of rotatable bonds is 6. The molecular weight excluding hydrogens is 300 g/mol. The lowest BCUT2D eigenvalue weighted by molar-refractivity contribution is -0.145. The van der Waals surface area contributed by atoms with Crippen LogP contribution in [0, 0.1) is 0 Å². The van der Waals surface area contributed by atoms with Crippen LogP contribution in [0.2, 0.25) is 0 Å². The van der Waals surface area contributed by atoms with Gasteiger partial charge in [-0.15, -0.1) is 0 Å². The van der Waals surface area contributed by atoms with Crippen molar-refractivity contribution < 1.29 is 23.8 Å². The lowest BCUT2D eigenvalue weighted by Crippen LogP contribution is -2.44. The van der Waals surface area contributed by atoms with Crippen LogP contribution in [0.3, 0.4) is 0 Å². The van der Waals surface area contributed by atoms with Gasteiger partial charge in [0.25, 0.3) is 0 Å². The molecule has 0 N–H and O–H groups in total. The second-order valence-electron chi connectivity index (χ2n) is 7.06. The maximum atomic E-state index is 12.3. The van der Waals surface area contributed by atoms with Gasteiger partial charge in [-0.2, -0.15) is 0 Å². The molecule has 1 amide bonds.